The normalized spacial score (nSPS) is 14.3. The van der Waals surface area contributed by atoms with Gasteiger partial charge in [0.15, 0.2) is 11.5 Å². The minimum Gasteiger partial charge on any atom is -0.497 e. The summed E-state index contributed by atoms with van der Waals surface area (Å²) in [6.45, 7) is 2.78. The van der Waals surface area contributed by atoms with Crippen LogP contribution in [0.4, 0.5) is 10.5 Å². The first kappa shape index (κ1) is 26.7. The van der Waals surface area contributed by atoms with Gasteiger partial charge in [-0.2, -0.15) is 0 Å². The molecule has 1 fully saturated rings. The maximum atomic E-state index is 13.1. The fourth-order valence-corrected chi connectivity index (χ4v) is 3.90. The van der Waals surface area contributed by atoms with E-state index in [2.05, 4.69) is 21.2 Å². The summed E-state index contributed by atoms with van der Waals surface area (Å²) in [5.74, 6) is 0.851. The Morgan fingerprint density at radius 2 is 1.53 bits per heavy atom. The number of imide groups is 2. The molecule has 0 atom stereocenters. The van der Waals surface area contributed by atoms with Gasteiger partial charge in [0.25, 0.3) is 11.8 Å². The van der Waals surface area contributed by atoms with Crippen molar-refractivity contribution in [3.05, 3.63) is 82.3 Å². The van der Waals surface area contributed by atoms with Crippen LogP contribution >= 0.6 is 15.9 Å². The molecule has 0 unspecified atom stereocenters. The molecule has 4 rings (SSSR count). The van der Waals surface area contributed by atoms with Crippen molar-refractivity contribution in [2.45, 2.75) is 6.92 Å². The number of nitrogens with one attached hydrogen (secondary N) is 1. The number of rotatable bonds is 10. The number of carbonyl (C=O) groups excluding carboxylic acids is 3. The second kappa shape index (κ2) is 12.3. The summed E-state index contributed by atoms with van der Waals surface area (Å²) in [4.78, 5) is 39.0. The third-order valence-electron chi connectivity index (χ3n) is 5.43. The number of hydrogen-bond acceptors (Lipinski definition) is 7. The molecule has 1 aliphatic rings. The van der Waals surface area contributed by atoms with Crippen LogP contribution in [-0.4, -0.2) is 44.8 Å². The molecular weight excluding hydrogens is 556 g/mol. The predicted molar refractivity (Wildman–Crippen MR) is 145 cm³/mol. The maximum Gasteiger partial charge on any atom is 0.335 e. The SMILES string of the molecule is CCOc1cc(C=C2C(=O)NC(=O)N(c3ccc(Br)cc3)C2=O)ccc1OCCOc1ccc(OC)cc1. The zero-order valence-corrected chi connectivity index (χ0v) is 22.3. The molecule has 3 aromatic rings. The highest BCUT2D eigenvalue weighted by Gasteiger charge is 2.36. The van der Waals surface area contributed by atoms with E-state index in [1.165, 1.54) is 6.08 Å². The Kier molecular flexibility index (Phi) is 8.65. The van der Waals surface area contributed by atoms with E-state index in [0.29, 0.717) is 41.7 Å². The first-order chi connectivity index (χ1) is 18.4. The number of anilines is 1. The Morgan fingerprint density at radius 3 is 2.21 bits per heavy atom. The summed E-state index contributed by atoms with van der Waals surface area (Å²) in [6, 6.07) is 18.1. The third-order valence-corrected chi connectivity index (χ3v) is 5.96. The van der Waals surface area contributed by atoms with Crippen LogP contribution in [0.5, 0.6) is 23.0 Å². The molecular formula is C28H25BrN2O7. The Balaban J connectivity index is 1.48. The van der Waals surface area contributed by atoms with Crippen molar-refractivity contribution >= 4 is 45.5 Å². The topological polar surface area (TPSA) is 103 Å². The summed E-state index contributed by atoms with van der Waals surface area (Å²) in [5.41, 5.74) is 0.681. The number of benzene rings is 3. The van der Waals surface area contributed by atoms with Crippen molar-refractivity contribution in [2.75, 3.05) is 31.8 Å². The Hall–Kier alpha value is -4.31. The first-order valence-electron chi connectivity index (χ1n) is 11.7. The van der Waals surface area contributed by atoms with Crippen molar-refractivity contribution in [1.29, 1.82) is 0 Å². The molecule has 0 bridgehead atoms. The van der Waals surface area contributed by atoms with E-state index in [1.54, 1.807) is 61.7 Å². The quantitative estimate of drug-likeness (QED) is 0.205. The summed E-state index contributed by atoms with van der Waals surface area (Å²) in [6.07, 6.45) is 1.41. The second-order valence-corrected chi connectivity index (χ2v) is 8.86. The summed E-state index contributed by atoms with van der Waals surface area (Å²) >= 11 is 3.32. The van der Waals surface area contributed by atoms with E-state index in [1.807, 2.05) is 19.1 Å². The van der Waals surface area contributed by atoms with Crippen molar-refractivity contribution < 1.29 is 33.3 Å². The number of barbiturate groups is 1. The summed E-state index contributed by atoms with van der Waals surface area (Å²) in [5, 5.41) is 2.22. The molecule has 1 saturated heterocycles. The predicted octanol–water partition coefficient (Wildman–Crippen LogP) is 4.98. The van der Waals surface area contributed by atoms with Gasteiger partial charge in [-0.05, 0) is 79.2 Å². The van der Waals surface area contributed by atoms with Crippen LogP contribution in [-0.2, 0) is 9.59 Å². The van der Waals surface area contributed by atoms with Crippen LogP contribution in [0.15, 0.2) is 76.8 Å². The molecule has 10 heteroatoms. The highest BCUT2D eigenvalue weighted by atomic mass is 79.9. The number of methoxy groups -OCH3 is 1. The van der Waals surface area contributed by atoms with Crippen LogP contribution in [0.1, 0.15) is 12.5 Å². The van der Waals surface area contributed by atoms with Gasteiger partial charge in [0, 0.05) is 4.47 Å². The first-order valence-corrected chi connectivity index (χ1v) is 12.5. The maximum absolute atomic E-state index is 13.1. The number of urea groups is 1. The number of ether oxygens (including phenoxy) is 4. The highest BCUT2D eigenvalue weighted by molar-refractivity contribution is 9.10. The van der Waals surface area contributed by atoms with Gasteiger partial charge < -0.3 is 18.9 Å². The lowest BCUT2D eigenvalue weighted by molar-refractivity contribution is -0.122. The molecule has 1 aliphatic heterocycles. The van der Waals surface area contributed by atoms with Crippen LogP contribution in [0.25, 0.3) is 6.08 Å². The minimum atomic E-state index is -0.810. The molecule has 1 heterocycles. The van der Waals surface area contributed by atoms with Gasteiger partial charge in [0.2, 0.25) is 0 Å². The molecule has 0 radical (unpaired) electrons. The summed E-state index contributed by atoms with van der Waals surface area (Å²) < 4.78 is 23.2. The fourth-order valence-electron chi connectivity index (χ4n) is 3.63. The van der Waals surface area contributed by atoms with Gasteiger partial charge in [-0.15, -0.1) is 0 Å². The van der Waals surface area contributed by atoms with E-state index in [-0.39, 0.29) is 12.2 Å². The molecule has 0 spiro atoms. The average Bonchev–Trinajstić information content (AvgIpc) is 2.91. The largest absolute Gasteiger partial charge is 0.497 e. The number of halogens is 1. The van der Waals surface area contributed by atoms with Crippen LogP contribution in [0, 0.1) is 0 Å². The molecule has 9 nitrogen and oxygen atoms in total. The lowest BCUT2D eigenvalue weighted by Gasteiger charge is -2.26. The van der Waals surface area contributed by atoms with Gasteiger partial charge in [0.1, 0.15) is 30.3 Å². The van der Waals surface area contributed by atoms with Crippen molar-refractivity contribution in [3.63, 3.8) is 0 Å². The van der Waals surface area contributed by atoms with Crippen LogP contribution in [0.3, 0.4) is 0 Å². The van der Waals surface area contributed by atoms with Crippen molar-refractivity contribution in [3.8, 4) is 23.0 Å². The standard InChI is InChI=1S/C28H25BrN2O7/c1-3-36-25-17-18(4-13-24(25)38-15-14-37-22-11-9-21(35-2)10-12-22)16-23-26(32)30-28(34)31(27(23)33)20-7-5-19(29)6-8-20/h4-13,16-17H,3,14-15H2,1-2H3,(H,30,32,34). The molecule has 1 N–H and O–H groups in total. The van der Waals surface area contributed by atoms with E-state index in [0.717, 1.165) is 15.1 Å². The van der Waals surface area contributed by atoms with E-state index in [9.17, 15) is 14.4 Å². The average molecular weight is 581 g/mol. The van der Waals surface area contributed by atoms with E-state index in [4.69, 9.17) is 18.9 Å². The molecule has 38 heavy (non-hydrogen) atoms. The minimum absolute atomic E-state index is 0.184. The number of carbonyl (C=O) groups is 3. The van der Waals surface area contributed by atoms with Crippen molar-refractivity contribution in [1.82, 2.24) is 5.32 Å². The summed E-state index contributed by atoms with van der Waals surface area (Å²) in [7, 11) is 1.60. The Labute approximate surface area is 228 Å². The molecule has 0 aromatic heterocycles. The second-order valence-electron chi connectivity index (χ2n) is 7.95. The Morgan fingerprint density at radius 1 is 0.842 bits per heavy atom. The molecule has 0 saturated carbocycles. The monoisotopic (exact) mass is 580 g/mol. The number of amides is 4. The zero-order chi connectivity index (χ0) is 27.1. The lowest BCUT2D eigenvalue weighted by Crippen LogP contribution is -2.54. The van der Waals surface area contributed by atoms with Crippen LogP contribution < -0.4 is 29.2 Å². The molecule has 0 aliphatic carbocycles. The van der Waals surface area contributed by atoms with E-state index < -0.39 is 17.8 Å². The van der Waals surface area contributed by atoms with E-state index >= 15 is 0 Å². The smallest absolute Gasteiger partial charge is 0.335 e. The lowest BCUT2D eigenvalue weighted by atomic mass is 10.1. The zero-order valence-electron chi connectivity index (χ0n) is 20.7. The third kappa shape index (κ3) is 6.33. The van der Waals surface area contributed by atoms with Gasteiger partial charge in [-0.1, -0.05) is 22.0 Å². The van der Waals surface area contributed by atoms with Gasteiger partial charge in [-0.3, -0.25) is 14.9 Å². The van der Waals surface area contributed by atoms with Gasteiger partial charge in [0.05, 0.1) is 19.4 Å². The number of hydrogen-bond donors (Lipinski definition) is 1. The fraction of sp³-hybridized carbons (Fsp3) is 0.179. The van der Waals surface area contributed by atoms with Crippen LogP contribution in [0.2, 0.25) is 0 Å². The number of nitrogens with zero attached hydrogens (tertiary/aromatic N) is 1. The van der Waals surface area contributed by atoms with Gasteiger partial charge in [-0.25, -0.2) is 9.69 Å². The molecule has 3 aromatic carbocycles. The molecule has 196 valence electrons. The molecule has 4 amide bonds. The Bertz CT molecular complexity index is 1350. The highest BCUT2D eigenvalue weighted by Crippen LogP contribution is 2.30. The van der Waals surface area contributed by atoms with Crippen molar-refractivity contribution in [2.24, 2.45) is 0 Å². The van der Waals surface area contributed by atoms with Gasteiger partial charge >= 0.3 is 6.03 Å².